The van der Waals surface area contributed by atoms with Crippen LogP contribution in [-0.4, -0.2) is 45.9 Å². The van der Waals surface area contributed by atoms with Gasteiger partial charge in [0.25, 0.3) is 5.91 Å². The van der Waals surface area contributed by atoms with Crippen molar-refractivity contribution in [1.29, 1.82) is 0 Å². The number of nitrogens with two attached hydrogens (primary N) is 1. The zero-order chi connectivity index (χ0) is 24.5. The number of hydrogen-bond acceptors (Lipinski definition) is 8. The van der Waals surface area contributed by atoms with E-state index in [1.807, 2.05) is 28.9 Å². The number of primary amides is 1. The lowest BCUT2D eigenvalue weighted by molar-refractivity contribution is 0.100. The van der Waals surface area contributed by atoms with Crippen LogP contribution < -0.4 is 21.1 Å². The highest BCUT2D eigenvalue weighted by atomic mass is 32.1. The summed E-state index contributed by atoms with van der Waals surface area (Å²) in [6, 6.07) is 9.82. The van der Waals surface area contributed by atoms with Crippen LogP contribution in [0.4, 0.5) is 11.8 Å². The number of fused-ring (bicyclic) bond motifs is 1. The highest BCUT2D eigenvalue weighted by molar-refractivity contribution is 7.21. The lowest BCUT2D eigenvalue weighted by Gasteiger charge is -2.20. The molecule has 1 amide bonds. The Morgan fingerprint density at radius 2 is 2.06 bits per heavy atom. The van der Waals surface area contributed by atoms with Gasteiger partial charge in [-0.2, -0.15) is 5.10 Å². The van der Waals surface area contributed by atoms with Crippen molar-refractivity contribution in [3.8, 4) is 16.9 Å². The van der Waals surface area contributed by atoms with Crippen LogP contribution in [0.3, 0.4) is 0 Å². The standard InChI is InChI=1S/C25H29N7O2S/c1-14(2)32-20(12-17(31-32)15-8-10-27-11-9-15)29-25-28-13-19-22(30-25)21(23(35-19)24(26)33)16-6-4-5-7-18(16)34-3/h4-7,12-15,27H,8-11H2,1-3H3,(H2,26,33)(H,28,29,30). The van der Waals surface area contributed by atoms with Gasteiger partial charge in [0.2, 0.25) is 5.95 Å². The van der Waals surface area contributed by atoms with E-state index in [0.29, 0.717) is 33.6 Å². The third-order valence-electron chi connectivity index (χ3n) is 6.27. The molecule has 4 N–H and O–H groups in total. The van der Waals surface area contributed by atoms with Gasteiger partial charge in [-0.1, -0.05) is 18.2 Å². The summed E-state index contributed by atoms with van der Waals surface area (Å²) >= 11 is 1.29. The number of anilines is 2. The molecule has 0 spiro atoms. The smallest absolute Gasteiger partial charge is 0.259 e. The van der Waals surface area contributed by atoms with Gasteiger partial charge >= 0.3 is 0 Å². The molecule has 1 aromatic carbocycles. The molecule has 0 aliphatic carbocycles. The Kier molecular flexibility index (Phi) is 6.40. The fourth-order valence-corrected chi connectivity index (χ4v) is 5.54. The minimum atomic E-state index is -0.507. The van der Waals surface area contributed by atoms with Gasteiger partial charge in [0.05, 0.1) is 29.2 Å². The third-order valence-corrected chi connectivity index (χ3v) is 7.40. The quantitative estimate of drug-likeness (QED) is 0.349. The van der Waals surface area contributed by atoms with Crippen LogP contribution in [0.5, 0.6) is 5.75 Å². The van der Waals surface area contributed by atoms with E-state index in [9.17, 15) is 4.79 Å². The van der Waals surface area contributed by atoms with Gasteiger partial charge in [-0.05, 0) is 45.8 Å². The first-order chi connectivity index (χ1) is 17.0. The van der Waals surface area contributed by atoms with Crippen molar-refractivity contribution in [3.05, 3.63) is 47.1 Å². The average molecular weight is 492 g/mol. The van der Waals surface area contributed by atoms with Crippen molar-refractivity contribution < 1.29 is 9.53 Å². The van der Waals surface area contributed by atoms with Crippen molar-refractivity contribution >= 4 is 39.2 Å². The topological polar surface area (TPSA) is 120 Å². The van der Waals surface area contributed by atoms with E-state index in [-0.39, 0.29) is 6.04 Å². The number of nitrogens with zero attached hydrogens (tertiary/aromatic N) is 4. The van der Waals surface area contributed by atoms with E-state index in [1.54, 1.807) is 13.3 Å². The normalized spacial score (nSPS) is 14.5. The number of thiophene rings is 1. The van der Waals surface area contributed by atoms with Crippen LogP contribution in [0.1, 0.15) is 54.0 Å². The minimum absolute atomic E-state index is 0.170. The third kappa shape index (κ3) is 4.46. The molecule has 3 aromatic heterocycles. The van der Waals surface area contributed by atoms with Gasteiger partial charge in [0.1, 0.15) is 16.4 Å². The second kappa shape index (κ2) is 9.63. The van der Waals surface area contributed by atoms with Crippen LogP contribution in [0, 0.1) is 0 Å². The number of hydrogen-bond donors (Lipinski definition) is 3. The number of methoxy groups -OCH3 is 1. The molecule has 0 atom stereocenters. The molecule has 9 nitrogen and oxygen atoms in total. The number of piperidine rings is 1. The number of carbonyl (C=O) groups is 1. The summed E-state index contributed by atoms with van der Waals surface area (Å²) in [5.41, 5.74) is 8.91. The number of para-hydroxylation sites is 1. The molecular weight excluding hydrogens is 462 g/mol. The Morgan fingerprint density at radius 3 is 2.77 bits per heavy atom. The summed E-state index contributed by atoms with van der Waals surface area (Å²) in [6.07, 6.45) is 3.87. The molecule has 10 heteroatoms. The first-order valence-corrected chi connectivity index (χ1v) is 12.6. The summed E-state index contributed by atoms with van der Waals surface area (Å²) in [4.78, 5) is 22.1. The number of nitrogens with one attached hydrogen (secondary N) is 2. The lowest BCUT2D eigenvalue weighted by atomic mass is 9.95. The average Bonchev–Trinajstić information content (AvgIpc) is 3.46. The molecule has 1 fully saturated rings. The summed E-state index contributed by atoms with van der Waals surface area (Å²) in [7, 11) is 1.60. The molecule has 35 heavy (non-hydrogen) atoms. The second-order valence-electron chi connectivity index (χ2n) is 8.92. The van der Waals surface area contributed by atoms with Crippen molar-refractivity contribution in [2.45, 2.75) is 38.6 Å². The summed E-state index contributed by atoms with van der Waals surface area (Å²) in [6.45, 7) is 6.22. The maximum atomic E-state index is 12.3. The van der Waals surface area contributed by atoms with Gasteiger partial charge in [0, 0.05) is 29.2 Å². The fourth-order valence-electron chi connectivity index (χ4n) is 4.56. The largest absolute Gasteiger partial charge is 0.496 e. The molecule has 4 heterocycles. The Labute approximate surface area is 207 Å². The van der Waals surface area contributed by atoms with Crippen LogP contribution in [0.25, 0.3) is 21.3 Å². The monoisotopic (exact) mass is 491 g/mol. The number of benzene rings is 1. The van der Waals surface area contributed by atoms with Crippen LogP contribution in [-0.2, 0) is 0 Å². The van der Waals surface area contributed by atoms with E-state index in [0.717, 1.165) is 47.7 Å². The van der Waals surface area contributed by atoms with E-state index >= 15 is 0 Å². The SMILES string of the molecule is COc1ccccc1-c1c(C(N)=O)sc2cnc(Nc3cc(C4CCNCC4)nn3C(C)C)nc12. The number of aromatic nitrogens is 4. The zero-order valence-electron chi connectivity index (χ0n) is 20.0. The highest BCUT2D eigenvalue weighted by Crippen LogP contribution is 2.41. The van der Waals surface area contributed by atoms with Crippen molar-refractivity contribution in [2.75, 3.05) is 25.5 Å². The van der Waals surface area contributed by atoms with Gasteiger partial charge in [0.15, 0.2) is 0 Å². The molecule has 0 unspecified atom stereocenters. The van der Waals surface area contributed by atoms with Crippen LogP contribution in [0.15, 0.2) is 36.5 Å². The lowest BCUT2D eigenvalue weighted by Crippen LogP contribution is -2.26. The molecule has 0 bridgehead atoms. The number of ether oxygens (including phenoxy) is 1. The summed E-state index contributed by atoms with van der Waals surface area (Å²) < 4.78 is 8.32. The van der Waals surface area contributed by atoms with Crippen LogP contribution in [0.2, 0.25) is 0 Å². The number of carbonyl (C=O) groups excluding carboxylic acids is 1. The van der Waals surface area contributed by atoms with Crippen molar-refractivity contribution in [3.63, 3.8) is 0 Å². The Bertz CT molecular complexity index is 1370. The fraction of sp³-hybridized carbons (Fsp3) is 0.360. The molecule has 4 aromatic rings. The van der Waals surface area contributed by atoms with Gasteiger partial charge in [-0.25, -0.2) is 14.6 Å². The Hall–Kier alpha value is -3.50. The molecule has 1 aliphatic rings. The minimum Gasteiger partial charge on any atom is -0.496 e. The van der Waals surface area contributed by atoms with Gasteiger partial charge in [-0.15, -0.1) is 11.3 Å². The van der Waals surface area contributed by atoms with Crippen molar-refractivity contribution in [2.24, 2.45) is 5.73 Å². The van der Waals surface area contributed by atoms with Crippen molar-refractivity contribution in [1.82, 2.24) is 25.1 Å². The predicted octanol–water partition coefficient (Wildman–Crippen LogP) is 4.45. The maximum Gasteiger partial charge on any atom is 0.259 e. The Balaban J connectivity index is 1.58. The van der Waals surface area contributed by atoms with E-state index in [4.69, 9.17) is 20.6 Å². The maximum absolute atomic E-state index is 12.3. The van der Waals surface area contributed by atoms with Crippen LogP contribution >= 0.6 is 11.3 Å². The molecule has 0 radical (unpaired) electrons. The van der Waals surface area contributed by atoms with Gasteiger partial charge in [-0.3, -0.25) is 4.79 Å². The molecular formula is C25H29N7O2S. The predicted molar refractivity (Wildman–Crippen MR) is 139 cm³/mol. The first-order valence-electron chi connectivity index (χ1n) is 11.8. The zero-order valence-corrected chi connectivity index (χ0v) is 20.9. The highest BCUT2D eigenvalue weighted by Gasteiger charge is 2.24. The van der Waals surface area contributed by atoms with E-state index < -0.39 is 5.91 Å². The number of amides is 1. The van der Waals surface area contributed by atoms with E-state index in [1.165, 1.54) is 11.3 Å². The molecule has 5 rings (SSSR count). The first kappa shape index (κ1) is 23.3. The Morgan fingerprint density at radius 1 is 1.29 bits per heavy atom. The summed E-state index contributed by atoms with van der Waals surface area (Å²) in [5, 5.41) is 11.7. The second-order valence-corrected chi connectivity index (χ2v) is 9.97. The van der Waals surface area contributed by atoms with E-state index in [2.05, 4.69) is 35.5 Å². The summed E-state index contributed by atoms with van der Waals surface area (Å²) in [5.74, 6) is 1.85. The molecule has 1 saturated heterocycles. The molecule has 1 aliphatic heterocycles. The molecule has 0 saturated carbocycles. The number of rotatable bonds is 7. The molecule has 182 valence electrons. The van der Waals surface area contributed by atoms with Gasteiger partial charge < -0.3 is 21.1 Å².